The maximum atomic E-state index is 15.5. The molecule has 8 heteroatoms. The molecule has 36 heavy (non-hydrogen) atoms. The molecule has 0 unspecified atom stereocenters. The first kappa shape index (κ1) is 25.7. The number of nitrogens with one attached hydrogen (secondary N) is 1. The molecule has 1 aliphatic rings. The number of methoxy groups -OCH3 is 1. The quantitative estimate of drug-likeness (QED) is 0.369. The fourth-order valence-electron chi connectivity index (χ4n) is 4.72. The Labute approximate surface area is 211 Å². The van der Waals surface area contributed by atoms with Crippen LogP contribution in [0.1, 0.15) is 61.4 Å². The lowest BCUT2D eigenvalue weighted by atomic mass is 9.71. The first-order valence-electron chi connectivity index (χ1n) is 11.8. The average Bonchev–Trinajstić information content (AvgIpc) is 2.84. The summed E-state index contributed by atoms with van der Waals surface area (Å²) in [5.41, 5.74) is 2.31. The third-order valence-electron chi connectivity index (χ3n) is 6.98. The number of aromatic carboxylic acids is 1. The Bertz CT molecular complexity index is 1370. The fourth-order valence-corrected chi connectivity index (χ4v) is 5.89. The summed E-state index contributed by atoms with van der Waals surface area (Å²) < 4.78 is 49.1. The Morgan fingerprint density at radius 3 is 2.33 bits per heavy atom. The van der Waals surface area contributed by atoms with Crippen LogP contribution in [0.15, 0.2) is 65.6 Å². The zero-order valence-electron chi connectivity index (χ0n) is 20.5. The van der Waals surface area contributed by atoms with Gasteiger partial charge in [0.25, 0.3) is 10.0 Å². The van der Waals surface area contributed by atoms with E-state index in [1.807, 2.05) is 24.3 Å². The lowest BCUT2D eigenvalue weighted by molar-refractivity contribution is 0.0696. The van der Waals surface area contributed by atoms with E-state index in [-0.39, 0.29) is 22.6 Å². The number of ether oxygens (including phenoxy) is 1. The van der Waals surface area contributed by atoms with E-state index in [0.29, 0.717) is 16.9 Å². The van der Waals surface area contributed by atoms with Crippen LogP contribution in [0.3, 0.4) is 0 Å². The van der Waals surface area contributed by atoms with E-state index < -0.39 is 26.7 Å². The summed E-state index contributed by atoms with van der Waals surface area (Å²) in [6.45, 7) is 4.60. The van der Waals surface area contributed by atoms with Gasteiger partial charge in [0.2, 0.25) is 0 Å². The zero-order chi connectivity index (χ0) is 26.1. The van der Waals surface area contributed by atoms with Gasteiger partial charge in [-0.05, 0) is 72.4 Å². The van der Waals surface area contributed by atoms with Crippen LogP contribution in [0.25, 0.3) is 11.1 Å². The number of sulfonamides is 1. The molecule has 3 aromatic carbocycles. The summed E-state index contributed by atoms with van der Waals surface area (Å²) in [5, 5.41) is 9.15. The summed E-state index contributed by atoms with van der Waals surface area (Å²) >= 11 is 0. The van der Waals surface area contributed by atoms with Crippen molar-refractivity contribution in [2.45, 2.75) is 50.3 Å². The van der Waals surface area contributed by atoms with Crippen molar-refractivity contribution in [2.24, 2.45) is 5.41 Å². The molecule has 0 saturated heterocycles. The Morgan fingerprint density at radius 2 is 1.72 bits per heavy atom. The van der Waals surface area contributed by atoms with Gasteiger partial charge in [-0.3, -0.25) is 4.72 Å². The van der Waals surface area contributed by atoms with Crippen LogP contribution < -0.4 is 9.46 Å². The SMILES string of the molecule is COc1cc(C(=O)O)ccc1NS(=O)(=O)c1cccc(-c2ccc(C3CCC(C)(C)CC3)cc2)c1F. The van der Waals surface area contributed by atoms with Crippen molar-refractivity contribution < 1.29 is 27.4 Å². The van der Waals surface area contributed by atoms with Gasteiger partial charge in [-0.15, -0.1) is 0 Å². The minimum absolute atomic E-state index is 0.00677. The van der Waals surface area contributed by atoms with E-state index in [9.17, 15) is 13.2 Å². The molecule has 2 N–H and O–H groups in total. The first-order chi connectivity index (χ1) is 17.0. The highest BCUT2D eigenvalue weighted by Crippen LogP contribution is 2.42. The molecule has 6 nitrogen and oxygen atoms in total. The average molecular weight is 512 g/mol. The van der Waals surface area contributed by atoms with Gasteiger partial charge in [-0.1, -0.05) is 50.2 Å². The van der Waals surface area contributed by atoms with Crippen molar-refractivity contribution in [3.05, 3.63) is 77.6 Å². The van der Waals surface area contributed by atoms with Gasteiger partial charge < -0.3 is 9.84 Å². The van der Waals surface area contributed by atoms with E-state index in [2.05, 4.69) is 18.6 Å². The minimum Gasteiger partial charge on any atom is -0.495 e. The van der Waals surface area contributed by atoms with Crippen molar-refractivity contribution in [1.29, 1.82) is 0 Å². The summed E-state index contributed by atoms with van der Waals surface area (Å²) in [6.07, 6.45) is 4.59. The number of carboxylic acids is 1. The van der Waals surface area contributed by atoms with Crippen LogP contribution in [-0.2, 0) is 10.0 Å². The second kappa shape index (κ2) is 9.93. The number of hydrogen-bond acceptors (Lipinski definition) is 4. The second-order valence-electron chi connectivity index (χ2n) is 10.0. The smallest absolute Gasteiger partial charge is 0.335 e. The van der Waals surface area contributed by atoms with Gasteiger partial charge in [0.05, 0.1) is 18.4 Å². The number of carboxylic acid groups (broad SMARTS) is 1. The predicted octanol–water partition coefficient (Wildman–Crippen LogP) is 6.68. The number of hydrogen-bond donors (Lipinski definition) is 2. The maximum absolute atomic E-state index is 15.5. The molecule has 0 radical (unpaired) electrons. The fraction of sp³-hybridized carbons (Fsp3) is 0.321. The lowest BCUT2D eigenvalue weighted by Gasteiger charge is -2.34. The summed E-state index contributed by atoms with van der Waals surface area (Å²) in [6, 6.07) is 15.6. The van der Waals surface area contributed by atoms with Gasteiger partial charge in [0, 0.05) is 5.56 Å². The molecule has 0 amide bonds. The highest BCUT2D eigenvalue weighted by Gasteiger charge is 2.28. The molecule has 4 rings (SSSR count). The van der Waals surface area contributed by atoms with Crippen molar-refractivity contribution in [1.82, 2.24) is 0 Å². The molecular formula is C28H30FNO5S. The Kier molecular flexibility index (Phi) is 7.09. The maximum Gasteiger partial charge on any atom is 0.335 e. The largest absolute Gasteiger partial charge is 0.495 e. The molecule has 0 atom stereocenters. The molecule has 0 aliphatic heterocycles. The molecule has 0 bridgehead atoms. The van der Waals surface area contributed by atoms with E-state index >= 15 is 4.39 Å². The van der Waals surface area contributed by atoms with E-state index in [4.69, 9.17) is 9.84 Å². The monoisotopic (exact) mass is 511 g/mol. The normalized spacial score (nSPS) is 15.9. The van der Waals surface area contributed by atoms with Gasteiger partial charge in [-0.25, -0.2) is 17.6 Å². The molecule has 0 heterocycles. The van der Waals surface area contributed by atoms with Crippen molar-refractivity contribution in [3.8, 4) is 16.9 Å². The predicted molar refractivity (Wildman–Crippen MR) is 138 cm³/mol. The van der Waals surface area contributed by atoms with Crippen LogP contribution in [-0.4, -0.2) is 26.6 Å². The number of anilines is 1. The van der Waals surface area contributed by atoms with E-state index in [1.165, 1.54) is 55.8 Å². The molecule has 1 aliphatic carbocycles. The van der Waals surface area contributed by atoms with Crippen LogP contribution in [0.5, 0.6) is 5.75 Å². The number of rotatable bonds is 7. The molecular weight excluding hydrogens is 481 g/mol. The van der Waals surface area contributed by atoms with Gasteiger partial charge >= 0.3 is 5.97 Å². The number of benzene rings is 3. The second-order valence-corrected chi connectivity index (χ2v) is 11.7. The topological polar surface area (TPSA) is 92.7 Å². The standard InChI is InChI=1S/C28H30FNO5S/c1-28(2)15-13-19(14-16-28)18-7-9-20(10-8-18)22-5-4-6-25(26(22)29)36(33,34)30-23-12-11-21(27(31)32)17-24(23)35-3/h4-12,17,19,30H,13-16H2,1-3H3,(H,31,32). The Hall–Kier alpha value is -3.39. The highest BCUT2D eigenvalue weighted by molar-refractivity contribution is 7.92. The zero-order valence-corrected chi connectivity index (χ0v) is 21.4. The van der Waals surface area contributed by atoms with Gasteiger partial charge in [0.15, 0.2) is 5.82 Å². The Balaban J connectivity index is 1.59. The van der Waals surface area contributed by atoms with Crippen LogP contribution in [0, 0.1) is 11.2 Å². The molecule has 0 spiro atoms. The molecule has 3 aromatic rings. The number of halogens is 1. The third kappa shape index (κ3) is 5.38. The van der Waals surface area contributed by atoms with Crippen molar-refractivity contribution in [2.75, 3.05) is 11.8 Å². The van der Waals surface area contributed by atoms with Crippen LogP contribution in [0.4, 0.5) is 10.1 Å². The van der Waals surface area contributed by atoms with Gasteiger partial charge in [-0.2, -0.15) is 0 Å². The van der Waals surface area contributed by atoms with Crippen molar-refractivity contribution in [3.63, 3.8) is 0 Å². The van der Waals surface area contributed by atoms with E-state index in [1.54, 1.807) is 6.07 Å². The lowest BCUT2D eigenvalue weighted by Crippen LogP contribution is -2.20. The van der Waals surface area contributed by atoms with Crippen LogP contribution in [0.2, 0.25) is 0 Å². The summed E-state index contributed by atoms with van der Waals surface area (Å²) in [4.78, 5) is 10.7. The third-order valence-corrected chi connectivity index (χ3v) is 8.36. The highest BCUT2D eigenvalue weighted by atomic mass is 32.2. The van der Waals surface area contributed by atoms with Crippen molar-refractivity contribution >= 4 is 21.7 Å². The molecule has 190 valence electrons. The van der Waals surface area contributed by atoms with Gasteiger partial charge in [0.1, 0.15) is 10.6 Å². The number of carbonyl (C=O) groups is 1. The first-order valence-corrected chi connectivity index (χ1v) is 13.3. The molecule has 0 aromatic heterocycles. The Morgan fingerprint density at radius 1 is 1.06 bits per heavy atom. The summed E-state index contributed by atoms with van der Waals surface area (Å²) in [7, 11) is -3.04. The van der Waals surface area contributed by atoms with E-state index in [0.717, 1.165) is 12.8 Å². The minimum atomic E-state index is -4.33. The summed E-state index contributed by atoms with van der Waals surface area (Å²) in [5.74, 6) is -1.55. The van der Waals surface area contributed by atoms with Crippen LogP contribution >= 0.6 is 0 Å². The molecule has 1 saturated carbocycles. The molecule has 1 fully saturated rings.